The molecule has 0 saturated heterocycles. The second-order valence-corrected chi connectivity index (χ2v) is 6.62. The summed E-state index contributed by atoms with van der Waals surface area (Å²) >= 11 is 0. The number of hydrogen-bond acceptors (Lipinski definition) is 3. The minimum Gasteiger partial charge on any atom is -0.341 e. The van der Waals surface area contributed by atoms with E-state index in [4.69, 9.17) is 0 Å². The van der Waals surface area contributed by atoms with Gasteiger partial charge in [0.05, 0.1) is 11.1 Å². The molecule has 3 rings (SSSR count). The van der Waals surface area contributed by atoms with Crippen molar-refractivity contribution >= 4 is 17.7 Å². The van der Waals surface area contributed by atoms with Gasteiger partial charge in [0.15, 0.2) is 0 Å². The van der Waals surface area contributed by atoms with Crippen LogP contribution < -0.4 is 0 Å². The highest BCUT2D eigenvalue weighted by Crippen LogP contribution is 2.26. The van der Waals surface area contributed by atoms with Crippen molar-refractivity contribution in [2.24, 2.45) is 5.92 Å². The molecule has 1 heterocycles. The van der Waals surface area contributed by atoms with Gasteiger partial charge in [0.1, 0.15) is 0 Å². The Kier molecular flexibility index (Phi) is 4.20. The summed E-state index contributed by atoms with van der Waals surface area (Å²) in [6, 6.07) is 4.78. The van der Waals surface area contributed by atoms with E-state index >= 15 is 0 Å². The minimum absolute atomic E-state index is 0.0897. The molecule has 0 bridgehead atoms. The van der Waals surface area contributed by atoms with Crippen LogP contribution in [0.1, 0.15) is 63.2 Å². The van der Waals surface area contributed by atoms with Gasteiger partial charge in [-0.25, -0.2) is 0 Å². The Bertz CT molecular complexity index is 662. The minimum atomic E-state index is -0.338. The largest absolute Gasteiger partial charge is 0.341 e. The summed E-state index contributed by atoms with van der Waals surface area (Å²) in [4.78, 5) is 39.4. The van der Waals surface area contributed by atoms with Crippen molar-refractivity contribution in [3.63, 3.8) is 0 Å². The first kappa shape index (κ1) is 15.7. The predicted octanol–water partition coefficient (Wildman–Crippen LogP) is 2.56. The van der Waals surface area contributed by atoms with E-state index in [9.17, 15) is 14.4 Å². The second kappa shape index (κ2) is 6.14. The van der Waals surface area contributed by atoms with E-state index in [0.29, 0.717) is 22.6 Å². The molecule has 2 aliphatic rings. The highest BCUT2D eigenvalue weighted by molar-refractivity contribution is 6.21. The Morgan fingerprint density at radius 2 is 1.78 bits per heavy atom. The van der Waals surface area contributed by atoms with E-state index in [-0.39, 0.29) is 17.7 Å². The van der Waals surface area contributed by atoms with Crippen LogP contribution in [0.4, 0.5) is 0 Å². The molecule has 23 heavy (non-hydrogen) atoms. The lowest BCUT2D eigenvalue weighted by Gasteiger charge is -2.27. The molecular weight excluding hydrogens is 292 g/mol. The number of imide groups is 1. The van der Waals surface area contributed by atoms with Crippen LogP contribution in [-0.2, 0) is 0 Å². The van der Waals surface area contributed by atoms with Crippen molar-refractivity contribution in [1.29, 1.82) is 0 Å². The van der Waals surface area contributed by atoms with Crippen molar-refractivity contribution in [2.45, 2.75) is 32.1 Å². The zero-order chi connectivity index (χ0) is 16.6. The van der Waals surface area contributed by atoms with Gasteiger partial charge in [-0.15, -0.1) is 0 Å². The van der Waals surface area contributed by atoms with Crippen molar-refractivity contribution in [3.05, 3.63) is 34.9 Å². The number of carbonyl (C=O) groups excluding carboxylic acids is 3. The summed E-state index contributed by atoms with van der Waals surface area (Å²) in [5, 5.41) is 0. The molecule has 122 valence electrons. The SMILES string of the molecule is CN(CC1CCCCC1)C(=O)c1ccc2c(c1)C(=O)N(C)C2=O. The molecule has 3 amide bonds. The number of nitrogens with zero attached hydrogens (tertiary/aromatic N) is 2. The van der Waals surface area contributed by atoms with Gasteiger partial charge in [-0.05, 0) is 37.0 Å². The Hall–Kier alpha value is -2.17. The molecule has 1 saturated carbocycles. The van der Waals surface area contributed by atoms with E-state index in [1.54, 1.807) is 23.1 Å². The van der Waals surface area contributed by atoms with E-state index in [0.717, 1.165) is 11.4 Å². The second-order valence-electron chi connectivity index (χ2n) is 6.62. The molecule has 0 spiro atoms. The number of amides is 3. The molecule has 0 atom stereocenters. The molecule has 1 aromatic carbocycles. The highest BCUT2D eigenvalue weighted by atomic mass is 16.2. The molecule has 1 fully saturated rings. The lowest BCUT2D eigenvalue weighted by atomic mass is 9.89. The molecule has 0 N–H and O–H groups in total. The average Bonchev–Trinajstić information content (AvgIpc) is 2.79. The lowest BCUT2D eigenvalue weighted by Crippen LogP contribution is -2.32. The summed E-state index contributed by atoms with van der Waals surface area (Å²) in [6.07, 6.45) is 6.14. The van der Waals surface area contributed by atoms with Crippen LogP contribution in [0.2, 0.25) is 0 Å². The van der Waals surface area contributed by atoms with E-state index in [2.05, 4.69) is 0 Å². The Morgan fingerprint density at radius 3 is 2.48 bits per heavy atom. The van der Waals surface area contributed by atoms with Gasteiger partial charge in [-0.1, -0.05) is 19.3 Å². The smallest absolute Gasteiger partial charge is 0.261 e. The third-order valence-corrected chi connectivity index (χ3v) is 4.94. The van der Waals surface area contributed by atoms with Crippen molar-refractivity contribution in [2.75, 3.05) is 20.6 Å². The van der Waals surface area contributed by atoms with Crippen LogP contribution in [-0.4, -0.2) is 48.2 Å². The fourth-order valence-electron chi connectivity index (χ4n) is 3.55. The molecule has 1 aromatic rings. The first-order chi connectivity index (χ1) is 11.0. The molecule has 0 aromatic heterocycles. The molecule has 0 unspecified atom stereocenters. The molecule has 5 nitrogen and oxygen atoms in total. The normalized spacial score (nSPS) is 18.3. The van der Waals surface area contributed by atoms with Crippen LogP contribution in [0, 0.1) is 5.92 Å². The summed E-state index contributed by atoms with van der Waals surface area (Å²) in [7, 11) is 3.27. The van der Waals surface area contributed by atoms with Gasteiger partial charge in [-0.3, -0.25) is 19.3 Å². The quantitative estimate of drug-likeness (QED) is 0.806. The maximum atomic E-state index is 12.6. The Balaban J connectivity index is 1.75. The number of rotatable bonds is 3. The van der Waals surface area contributed by atoms with Gasteiger partial charge >= 0.3 is 0 Å². The fraction of sp³-hybridized carbons (Fsp3) is 0.500. The number of benzene rings is 1. The number of carbonyl (C=O) groups is 3. The van der Waals surface area contributed by atoms with Crippen LogP contribution >= 0.6 is 0 Å². The average molecular weight is 314 g/mol. The molecular formula is C18H22N2O3. The van der Waals surface area contributed by atoms with Crippen LogP contribution in [0.15, 0.2) is 18.2 Å². The van der Waals surface area contributed by atoms with Crippen molar-refractivity contribution < 1.29 is 14.4 Å². The highest BCUT2D eigenvalue weighted by Gasteiger charge is 2.33. The fourth-order valence-corrected chi connectivity index (χ4v) is 3.55. The summed E-state index contributed by atoms with van der Waals surface area (Å²) in [5.41, 5.74) is 1.18. The van der Waals surface area contributed by atoms with Gasteiger partial charge in [0, 0.05) is 26.2 Å². The summed E-state index contributed by atoms with van der Waals surface area (Å²) in [5.74, 6) is -0.163. The van der Waals surface area contributed by atoms with Crippen LogP contribution in [0.5, 0.6) is 0 Å². The van der Waals surface area contributed by atoms with Gasteiger partial charge < -0.3 is 4.90 Å². The van der Waals surface area contributed by atoms with E-state index in [1.807, 2.05) is 7.05 Å². The van der Waals surface area contributed by atoms with Gasteiger partial charge in [0.25, 0.3) is 17.7 Å². The molecule has 1 aliphatic carbocycles. The van der Waals surface area contributed by atoms with Crippen molar-refractivity contribution in [1.82, 2.24) is 9.80 Å². The van der Waals surface area contributed by atoms with Crippen LogP contribution in [0.25, 0.3) is 0 Å². The van der Waals surface area contributed by atoms with Crippen molar-refractivity contribution in [3.8, 4) is 0 Å². The molecule has 5 heteroatoms. The maximum absolute atomic E-state index is 12.6. The predicted molar refractivity (Wildman–Crippen MR) is 86.4 cm³/mol. The van der Waals surface area contributed by atoms with E-state index in [1.165, 1.54) is 39.2 Å². The number of hydrogen-bond donors (Lipinski definition) is 0. The van der Waals surface area contributed by atoms with Crippen LogP contribution in [0.3, 0.4) is 0 Å². The third kappa shape index (κ3) is 2.87. The van der Waals surface area contributed by atoms with Gasteiger partial charge in [-0.2, -0.15) is 0 Å². The van der Waals surface area contributed by atoms with Gasteiger partial charge in [0.2, 0.25) is 0 Å². The molecule has 1 aliphatic heterocycles. The monoisotopic (exact) mass is 314 g/mol. The van der Waals surface area contributed by atoms with E-state index < -0.39 is 0 Å². The zero-order valence-electron chi connectivity index (χ0n) is 13.7. The topological polar surface area (TPSA) is 57.7 Å². The summed E-state index contributed by atoms with van der Waals surface area (Å²) < 4.78 is 0. The number of fused-ring (bicyclic) bond motifs is 1. The summed E-state index contributed by atoms with van der Waals surface area (Å²) in [6.45, 7) is 0.753. The standard InChI is InChI=1S/C18H22N2O3/c1-19(11-12-6-4-3-5-7-12)16(21)13-8-9-14-15(10-13)18(23)20(2)17(14)22/h8-10,12H,3-7,11H2,1-2H3. The maximum Gasteiger partial charge on any atom is 0.261 e. The first-order valence-corrected chi connectivity index (χ1v) is 8.21. The lowest BCUT2D eigenvalue weighted by molar-refractivity contribution is 0.0692. The third-order valence-electron chi connectivity index (χ3n) is 4.94. The zero-order valence-corrected chi connectivity index (χ0v) is 13.7. The first-order valence-electron chi connectivity index (χ1n) is 8.21. The Morgan fingerprint density at radius 1 is 1.13 bits per heavy atom. The Labute approximate surface area is 136 Å². The molecule has 0 radical (unpaired) electrons.